The van der Waals surface area contributed by atoms with E-state index in [1.54, 1.807) is 0 Å². The first-order valence-corrected chi connectivity index (χ1v) is 7.21. The summed E-state index contributed by atoms with van der Waals surface area (Å²) in [6.07, 6.45) is 0. The van der Waals surface area contributed by atoms with E-state index in [-0.39, 0.29) is 0 Å². The van der Waals surface area contributed by atoms with Gasteiger partial charge >= 0.3 is 0 Å². The minimum Gasteiger partial charge on any atom is -0.310 e. The van der Waals surface area contributed by atoms with Crippen molar-refractivity contribution in [1.29, 1.82) is 0 Å². The molecule has 0 aromatic carbocycles. The molecule has 0 spiro atoms. The lowest BCUT2D eigenvalue weighted by molar-refractivity contribution is 0.301. The fraction of sp³-hybridized carbons (Fsp3) is 0.778. The Hall–Kier alpha value is -0.170. The van der Waals surface area contributed by atoms with Crippen molar-refractivity contribution in [2.24, 2.45) is 0 Å². The van der Waals surface area contributed by atoms with Crippen LogP contribution in [0.3, 0.4) is 0 Å². The van der Waals surface area contributed by atoms with E-state index in [0.29, 0.717) is 0 Å². The zero-order valence-corrected chi connectivity index (χ0v) is 10.3. The number of thioether (sulfide) groups is 1. The van der Waals surface area contributed by atoms with Gasteiger partial charge < -0.3 is 10.2 Å². The molecular formula is C9H16N4S2. The zero-order valence-electron chi connectivity index (χ0n) is 8.69. The van der Waals surface area contributed by atoms with Crippen LogP contribution in [0.4, 0.5) is 0 Å². The van der Waals surface area contributed by atoms with Gasteiger partial charge in [-0.1, -0.05) is 4.49 Å². The summed E-state index contributed by atoms with van der Waals surface area (Å²) in [6.45, 7) is 5.52. The van der Waals surface area contributed by atoms with Crippen LogP contribution in [0.1, 0.15) is 5.69 Å². The third kappa shape index (κ3) is 4.06. The van der Waals surface area contributed by atoms with Crippen molar-refractivity contribution >= 4 is 23.3 Å². The molecule has 15 heavy (non-hydrogen) atoms. The van der Waals surface area contributed by atoms with Gasteiger partial charge in [0.2, 0.25) is 0 Å². The standard InChI is InChI=1S/C9H16N4S2/c1(2-13-3-5-14-6-4-13)10-7-9-8-15-12-11-9/h8,10H,1-7H2. The zero-order chi connectivity index (χ0) is 10.3. The SMILES string of the molecule is c1snnc1CNCCN1CCSCC1. The second kappa shape index (κ2) is 6.42. The van der Waals surface area contributed by atoms with Crippen molar-refractivity contribution in [2.75, 3.05) is 37.7 Å². The van der Waals surface area contributed by atoms with Crippen LogP contribution in [0.5, 0.6) is 0 Å². The van der Waals surface area contributed by atoms with Crippen molar-refractivity contribution < 1.29 is 0 Å². The fourth-order valence-electron chi connectivity index (χ4n) is 1.54. The van der Waals surface area contributed by atoms with Gasteiger partial charge in [-0.2, -0.15) is 11.8 Å². The van der Waals surface area contributed by atoms with Gasteiger partial charge in [0, 0.05) is 49.6 Å². The largest absolute Gasteiger partial charge is 0.310 e. The van der Waals surface area contributed by atoms with Gasteiger partial charge in [0.15, 0.2) is 0 Å². The van der Waals surface area contributed by atoms with Crippen LogP contribution < -0.4 is 5.32 Å². The highest BCUT2D eigenvalue weighted by Crippen LogP contribution is 2.07. The van der Waals surface area contributed by atoms with Crippen LogP contribution in [0.15, 0.2) is 5.38 Å². The fourth-order valence-corrected chi connectivity index (χ4v) is 2.97. The van der Waals surface area contributed by atoms with Crippen molar-refractivity contribution in [1.82, 2.24) is 19.8 Å². The third-order valence-corrected chi connectivity index (χ3v) is 3.92. The van der Waals surface area contributed by atoms with Gasteiger partial charge in [0.1, 0.15) is 0 Å². The molecule has 1 aliphatic heterocycles. The van der Waals surface area contributed by atoms with Gasteiger partial charge in [-0.3, -0.25) is 0 Å². The number of hydrogen-bond donors (Lipinski definition) is 1. The average Bonchev–Trinajstić information content (AvgIpc) is 2.79. The molecule has 0 amide bonds. The summed E-state index contributed by atoms with van der Waals surface area (Å²) in [5.41, 5.74) is 1.05. The summed E-state index contributed by atoms with van der Waals surface area (Å²) in [6, 6.07) is 0. The molecule has 1 fully saturated rings. The molecule has 2 rings (SSSR count). The molecule has 1 aliphatic rings. The predicted molar refractivity (Wildman–Crippen MR) is 65.4 cm³/mol. The summed E-state index contributed by atoms with van der Waals surface area (Å²) in [5, 5.41) is 9.37. The van der Waals surface area contributed by atoms with Gasteiger partial charge in [-0.15, -0.1) is 5.10 Å². The number of aromatic nitrogens is 2. The lowest BCUT2D eigenvalue weighted by Crippen LogP contribution is -2.37. The first-order chi connectivity index (χ1) is 7.45. The van der Waals surface area contributed by atoms with E-state index in [9.17, 15) is 0 Å². The highest BCUT2D eigenvalue weighted by molar-refractivity contribution is 7.99. The van der Waals surface area contributed by atoms with Crippen molar-refractivity contribution in [3.05, 3.63) is 11.1 Å². The number of rotatable bonds is 5. The minimum atomic E-state index is 0.846. The van der Waals surface area contributed by atoms with Crippen molar-refractivity contribution in [3.63, 3.8) is 0 Å². The molecule has 4 nitrogen and oxygen atoms in total. The summed E-state index contributed by atoms with van der Waals surface area (Å²) in [4.78, 5) is 2.52. The van der Waals surface area contributed by atoms with E-state index in [0.717, 1.165) is 25.3 Å². The Morgan fingerprint density at radius 2 is 2.27 bits per heavy atom. The van der Waals surface area contributed by atoms with Crippen LogP contribution in [0.25, 0.3) is 0 Å². The molecule has 1 saturated heterocycles. The van der Waals surface area contributed by atoms with E-state index in [4.69, 9.17) is 0 Å². The Morgan fingerprint density at radius 3 is 3.00 bits per heavy atom. The average molecular weight is 244 g/mol. The number of nitrogens with one attached hydrogen (secondary N) is 1. The molecule has 1 aromatic rings. The predicted octanol–water partition coefficient (Wildman–Crippen LogP) is 0.677. The molecule has 0 bridgehead atoms. The van der Waals surface area contributed by atoms with E-state index in [1.165, 1.54) is 36.1 Å². The topological polar surface area (TPSA) is 41.1 Å². The van der Waals surface area contributed by atoms with Crippen molar-refractivity contribution in [2.45, 2.75) is 6.54 Å². The molecule has 1 N–H and O–H groups in total. The van der Waals surface area contributed by atoms with Crippen LogP contribution in [-0.4, -0.2) is 52.2 Å². The van der Waals surface area contributed by atoms with Gasteiger partial charge in [-0.05, 0) is 11.5 Å². The molecule has 6 heteroatoms. The van der Waals surface area contributed by atoms with E-state index < -0.39 is 0 Å². The molecule has 0 radical (unpaired) electrons. The molecule has 2 heterocycles. The Balaban J connectivity index is 1.54. The van der Waals surface area contributed by atoms with Gasteiger partial charge in [0.05, 0.1) is 5.69 Å². The van der Waals surface area contributed by atoms with Crippen LogP contribution >= 0.6 is 23.3 Å². The Morgan fingerprint density at radius 1 is 1.40 bits per heavy atom. The molecule has 0 saturated carbocycles. The number of nitrogens with zero attached hydrogens (tertiary/aromatic N) is 3. The summed E-state index contributed by atoms with van der Waals surface area (Å²) in [5.74, 6) is 2.58. The summed E-state index contributed by atoms with van der Waals surface area (Å²) in [7, 11) is 0. The molecule has 0 aliphatic carbocycles. The third-order valence-electron chi connectivity index (χ3n) is 2.42. The lowest BCUT2D eigenvalue weighted by atomic mass is 10.4. The van der Waals surface area contributed by atoms with E-state index >= 15 is 0 Å². The molecule has 0 atom stereocenters. The van der Waals surface area contributed by atoms with Crippen LogP contribution in [0, 0.1) is 0 Å². The lowest BCUT2D eigenvalue weighted by Gasteiger charge is -2.25. The normalized spacial score (nSPS) is 18.1. The maximum absolute atomic E-state index is 3.99. The van der Waals surface area contributed by atoms with Crippen molar-refractivity contribution in [3.8, 4) is 0 Å². The number of hydrogen-bond acceptors (Lipinski definition) is 6. The Labute approximate surface area is 98.6 Å². The Bertz CT molecular complexity index is 259. The summed E-state index contributed by atoms with van der Waals surface area (Å²) < 4.78 is 3.83. The monoisotopic (exact) mass is 244 g/mol. The second-order valence-electron chi connectivity index (χ2n) is 3.53. The smallest absolute Gasteiger partial charge is 0.0893 e. The molecule has 1 aromatic heterocycles. The van der Waals surface area contributed by atoms with Crippen LogP contribution in [0.2, 0.25) is 0 Å². The highest BCUT2D eigenvalue weighted by atomic mass is 32.2. The maximum atomic E-state index is 3.99. The molecular weight excluding hydrogens is 228 g/mol. The molecule has 0 unspecified atom stereocenters. The quantitative estimate of drug-likeness (QED) is 0.771. The first-order valence-electron chi connectivity index (χ1n) is 5.22. The van der Waals surface area contributed by atoms with Crippen LogP contribution in [-0.2, 0) is 6.54 Å². The highest BCUT2D eigenvalue weighted by Gasteiger charge is 2.08. The summed E-state index contributed by atoms with van der Waals surface area (Å²) >= 11 is 3.47. The van der Waals surface area contributed by atoms with E-state index in [2.05, 4.69) is 31.6 Å². The first kappa shape index (κ1) is 11.3. The Kier molecular flexibility index (Phi) is 4.85. The van der Waals surface area contributed by atoms with Gasteiger partial charge in [-0.25, -0.2) is 0 Å². The minimum absolute atomic E-state index is 0.846. The van der Waals surface area contributed by atoms with E-state index in [1.807, 2.05) is 5.38 Å². The van der Waals surface area contributed by atoms with Gasteiger partial charge in [0.25, 0.3) is 0 Å². The maximum Gasteiger partial charge on any atom is 0.0893 e. The molecule has 84 valence electrons. The second-order valence-corrected chi connectivity index (χ2v) is 5.36.